The number of thioether (sulfide) groups is 1. The predicted molar refractivity (Wildman–Crippen MR) is 65.3 cm³/mol. The first-order valence-corrected chi connectivity index (χ1v) is 6.21. The zero-order chi connectivity index (χ0) is 10.4. The van der Waals surface area contributed by atoms with Crippen molar-refractivity contribution in [2.75, 3.05) is 16.8 Å². The number of nitrogens with zero attached hydrogens (tertiary/aromatic N) is 1. The molecule has 0 aliphatic rings. The first-order chi connectivity index (χ1) is 6.72. The standard InChI is InChI=1S/C10H15ClN2S/c1-3-14-7-8(2)13-9-4-5-12-10(11)6-9/h4-6,8H,3,7H2,1-2H3,(H,12,13). The number of anilines is 1. The van der Waals surface area contributed by atoms with Crippen LogP contribution in [0.3, 0.4) is 0 Å². The number of hydrogen-bond donors (Lipinski definition) is 1. The SMILES string of the molecule is CCSCC(C)Nc1ccnc(Cl)c1. The van der Waals surface area contributed by atoms with Gasteiger partial charge in [0.2, 0.25) is 0 Å². The fourth-order valence-corrected chi connectivity index (χ4v) is 1.96. The predicted octanol–water partition coefficient (Wildman–Crippen LogP) is 3.29. The van der Waals surface area contributed by atoms with E-state index in [9.17, 15) is 0 Å². The van der Waals surface area contributed by atoms with Crippen LogP contribution in [-0.2, 0) is 0 Å². The van der Waals surface area contributed by atoms with Crippen LogP contribution < -0.4 is 5.32 Å². The number of pyridine rings is 1. The molecule has 0 radical (unpaired) electrons. The Labute approximate surface area is 94.5 Å². The Morgan fingerprint density at radius 3 is 3.07 bits per heavy atom. The fraction of sp³-hybridized carbons (Fsp3) is 0.500. The molecule has 0 spiro atoms. The molecule has 0 bridgehead atoms. The molecular formula is C10H15ClN2S. The van der Waals surface area contributed by atoms with Crippen molar-refractivity contribution in [3.8, 4) is 0 Å². The van der Waals surface area contributed by atoms with Crippen LogP contribution in [0.1, 0.15) is 13.8 Å². The van der Waals surface area contributed by atoms with Gasteiger partial charge in [-0.05, 0) is 24.8 Å². The highest BCUT2D eigenvalue weighted by Gasteiger charge is 2.01. The summed E-state index contributed by atoms with van der Waals surface area (Å²) in [6.07, 6.45) is 1.71. The van der Waals surface area contributed by atoms with E-state index in [1.807, 2.05) is 23.9 Å². The highest BCUT2D eigenvalue weighted by Crippen LogP contribution is 2.14. The normalized spacial score (nSPS) is 12.5. The van der Waals surface area contributed by atoms with Crippen LogP contribution >= 0.6 is 23.4 Å². The Morgan fingerprint density at radius 1 is 1.64 bits per heavy atom. The molecular weight excluding hydrogens is 216 g/mol. The van der Waals surface area contributed by atoms with Gasteiger partial charge in [0.15, 0.2) is 0 Å². The largest absolute Gasteiger partial charge is 0.382 e. The van der Waals surface area contributed by atoms with E-state index < -0.39 is 0 Å². The molecule has 78 valence electrons. The van der Waals surface area contributed by atoms with Gasteiger partial charge in [-0.3, -0.25) is 0 Å². The van der Waals surface area contributed by atoms with Gasteiger partial charge in [-0.15, -0.1) is 0 Å². The van der Waals surface area contributed by atoms with E-state index in [0.717, 1.165) is 17.2 Å². The zero-order valence-electron chi connectivity index (χ0n) is 8.46. The topological polar surface area (TPSA) is 24.9 Å². The van der Waals surface area contributed by atoms with Crippen molar-refractivity contribution in [3.63, 3.8) is 0 Å². The van der Waals surface area contributed by atoms with E-state index in [1.54, 1.807) is 6.20 Å². The van der Waals surface area contributed by atoms with E-state index in [0.29, 0.717) is 11.2 Å². The minimum atomic E-state index is 0.457. The lowest BCUT2D eigenvalue weighted by Crippen LogP contribution is -2.17. The van der Waals surface area contributed by atoms with Gasteiger partial charge in [-0.25, -0.2) is 4.98 Å². The van der Waals surface area contributed by atoms with E-state index in [1.165, 1.54) is 0 Å². The molecule has 1 atom stereocenters. The van der Waals surface area contributed by atoms with Crippen LogP contribution in [0.5, 0.6) is 0 Å². The molecule has 1 aromatic heterocycles. The number of aromatic nitrogens is 1. The van der Waals surface area contributed by atoms with Crippen molar-refractivity contribution in [2.24, 2.45) is 0 Å². The molecule has 14 heavy (non-hydrogen) atoms. The molecule has 0 saturated heterocycles. The van der Waals surface area contributed by atoms with Crippen molar-refractivity contribution >= 4 is 29.1 Å². The van der Waals surface area contributed by atoms with Crippen LogP contribution in [0.15, 0.2) is 18.3 Å². The molecule has 0 amide bonds. The third-order valence-corrected chi connectivity index (χ3v) is 3.06. The second-order valence-electron chi connectivity index (χ2n) is 3.07. The second kappa shape index (κ2) is 6.14. The maximum Gasteiger partial charge on any atom is 0.131 e. The lowest BCUT2D eigenvalue weighted by molar-refractivity contribution is 0.912. The molecule has 0 saturated carbocycles. The average molecular weight is 231 g/mol. The molecule has 4 heteroatoms. The van der Waals surface area contributed by atoms with Crippen molar-refractivity contribution < 1.29 is 0 Å². The summed E-state index contributed by atoms with van der Waals surface area (Å²) in [6.45, 7) is 4.33. The van der Waals surface area contributed by atoms with Gasteiger partial charge in [-0.1, -0.05) is 18.5 Å². The Morgan fingerprint density at radius 2 is 2.43 bits per heavy atom. The summed E-state index contributed by atoms with van der Waals surface area (Å²) in [6, 6.07) is 4.23. The van der Waals surface area contributed by atoms with Gasteiger partial charge < -0.3 is 5.32 Å². The van der Waals surface area contributed by atoms with E-state index in [4.69, 9.17) is 11.6 Å². The van der Waals surface area contributed by atoms with Gasteiger partial charge in [0.05, 0.1) is 0 Å². The number of rotatable bonds is 5. The summed E-state index contributed by atoms with van der Waals surface area (Å²) in [5.74, 6) is 2.26. The molecule has 0 fully saturated rings. The summed E-state index contributed by atoms with van der Waals surface area (Å²) >= 11 is 7.70. The number of hydrogen-bond acceptors (Lipinski definition) is 3. The zero-order valence-corrected chi connectivity index (χ0v) is 10.0. The maximum absolute atomic E-state index is 5.78. The van der Waals surface area contributed by atoms with Gasteiger partial charge in [0.25, 0.3) is 0 Å². The van der Waals surface area contributed by atoms with Gasteiger partial charge in [0, 0.05) is 23.7 Å². The molecule has 2 nitrogen and oxygen atoms in total. The Kier molecular flexibility index (Phi) is 5.12. The Hall–Kier alpha value is -0.410. The van der Waals surface area contributed by atoms with Crippen molar-refractivity contribution in [1.29, 1.82) is 0 Å². The van der Waals surface area contributed by atoms with Crippen LogP contribution in [0.25, 0.3) is 0 Å². The smallest absolute Gasteiger partial charge is 0.131 e. The van der Waals surface area contributed by atoms with Gasteiger partial charge >= 0.3 is 0 Å². The Balaban J connectivity index is 2.43. The third-order valence-electron chi connectivity index (χ3n) is 1.71. The highest BCUT2D eigenvalue weighted by atomic mass is 35.5. The van der Waals surface area contributed by atoms with Gasteiger partial charge in [-0.2, -0.15) is 11.8 Å². The quantitative estimate of drug-likeness (QED) is 0.786. The minimum absolute atomic E-state index is 0.457. The van der Waals surface area contributed by atoms with Gasteiger partial charge in [0.1, 0.15) is 5.15 Å². The molecule has 1 rings (SSSR count). The molecule has 0 aliphatic heterocycles. The first-order valence-electron chi connectivity index (χ1n) is 4.68. The lowest BCUT2D eigenvalue weighted by atomic mass is 10.3. The van der Waals surface area contributed by atoms with Crippen LogP contribution in [0.4, 0.5) is 5.69 Å². The van der Waals surface area contributed by atoms with Crippen LogP contribution in [-0.4, -0.2) is 22.5 Å². The summed E-state index contributed by atoms with van der Waals surface area (Å²) in [4.78, 5) is 3.93. The summed E-state index contributed by atoms with van der Waals surface area (Å²) in [5.41, 5.74) is 1.04. The maximum atomic E-state index is 5.78. The third kappa shape index (κ3) is 4.20. The monoisotopic (exact) mass is 230 g/mol. The fourth-order valence-electron chi connectivity index (χ4n) is 1.11. The van der Waals surface area contributed by atoms with Crippen molar-refractivity contribution in [2.45, 2.75) is 19.9 Å². The minimum Gasteiger partial charge on any atom is -0.382 e. The first kappa shape index (κ1) is 11.7. The molecule has 1 aromatic rings. The summed E-state index contributed by atoms with van der Waals surface area (Å²) < 4.78 is 0. The second-order valence-corrected chi connectivity index (χ2v) is 4.78. The number of nitrogens with one attached hydrogen (secondary N) is 1. The molecule has 0 aliphatic carbocycles. The summed E-state index contributed by atoms with van der Waals surface area (Å²) in [5, 5.41) is 3.90. The molecule has 1 heterocycles. The molecule has 1 unspecified atom stereocenters. The molecule has 0 aromatic carbocycles. The molecule has 1 N–H and O–H groups in total. The van der Waals surface area contributed by atoms with Crippen LogP contribution in [0.2, 0.25) is 5.15 Å². The van der Waals surface area contributed by atoms with Crippen molar-refractivity contribution in [1.82, 2.24) is 4.98 Å². The van der Waals surface area contributed by atoms with E-state index in [2.05, 4.69) is 24.1 Å². The van der Waals surface area contributed by atoms with E-state index >= 15 is 0 Å². The lowest BCUT2D eigenvalue weighted by Gasteiger charge is -2.14. The van der Waals surface area contributed by atoms with Crippen molar-refractivity contribution in [3.05, 3.63) is 23.5 Å². The average Bonchev–Trinajstić information content (AvgIpc) is 2.15. The Bertz CT molecular complexity index is 281. The van der Waals surface area contributed by atoms with Crippen LogP contribution in [0, 0.1) is 0 Å². The summed E-state index contributed by atoms with van der Waals surface area (Å²) in [7, 11) is 0. The number of halogens is 1. The highest BCUT2D eigenvalue weighted by molar-refractivity contribution is 7.99. The van der Waals surface area contributed by atoms with E-state index in [-0.39, 0.29) is 0 Å².